The maximum atomic E-state index is 11.6. The zero-order valence-electron chi connectivity index (χ0n) is 18.0. The molecule has 2 aromatic carbocycles. The summed E-state index contributed by atoms with van der Waals surface area (Å²) in [5.41, 5.74) is 2.16. The zero-order chi connectivity index (χ0) is 24.2. The number of aliphatic carboxylic acids is 2. The highest BCUT2D eigenvalue weighted by molar-refractivity contribution is 8.15. The van der Waals surface area contributed by atoms with Gasteiger partial charge in [0.05, 0.1) is 31.8 Å². The van der Waals surface area contributed by atoms with Crippen LogP contribution in [0, 0.1) is 0 Å². The number of methoxy groups -OCH3 is 1. The first-order chi connectivity index (χ1) is 15.8. The monoisotopic (exact) mass is 475 g/mol. The van der Waals surface area contributed by atoms with Crippen molar-refractivity contribution < 1.29 is 38.9 Å². The molecule has 10 heteroatoms. The van der Waals surface area contributed by atoms with Crippen molar-refractivity contribution >= 4 is 34.8 Å². The molecule has 2 amide bonds. The van der Waals surface area contributed by atoms with Crippen molar-refractivity contribution in [3.05, 3.63) is 59.7 Å². The summed E-state index contributed by atoms with van der Waals surface area (Å²) in [4.78, 5) is 42.1. The summed E-state index contributed by atoms with van der Waals surface area (Å²) in [6.07, 6.45) is 0.733. The van der Waals surface area contributed by atoms with Gasteiger partial charge >= 0.3 is 11.9 Å². The molecule has 3 N–H and O–H groups in total. The standard InChI is InChI=1S/C19H19NO4S.C4H6O4/c1-23-16-4-2-3-13(11-16)9-10-24-15-7-5-14(6-8-15)12-17-18(21)20-19(22)25-17;5-3(6)1-2-4(7)8/h2-8,11,17H,9-10,12H2,1H3,(H,20,21,22);1-2H2,(H,5,6)(H,7,8). The number of hydrogen-bond donors (Lipinski definition) is 3. The maximum Gasteiger partial charge on any atom is 0.303 e. The summed E-state index contributed by atoms with van der Waals surface area (Å²) in [6, 6.07) is 15.6. The molecule has 1 fully saturated rings. The Hall–Kier alpha value is -3.53. The van der Waals surface area contributed by atoms with Gasteiger partial charge in [0, 0.05) is 6.42 Å². The first kappa shape index (κ1) is 25.7. The van der Waals surface area contributed by atoms with Gasteiger partial charge in [-0.15, -0.1) is 0 Å². The van der Waals surface area contributed by atoms with Gasteiger partial charge in [-0.2, -0.15) is 0 Å². The van der Waals surface area contributed by atoms with E-state index in [1.54, 1.807) is 7.11 Å². The quantitative estimate of drug-likeness (QED) is 0.473. The maximum absolute atomic E-state index is 11.6. The van der Waals surface area contributed by atoms with Crippen LogP contribution < -0.4 is 14.8 Å². The summed E-state index contributed by atoms with van der Waals surface area (Å²) in [6.45, 7) is 0.571. The van der Waals surface area contributed by atoms with Crippen molar-refractivity contribution in [2.24, 2.45) is 0 Å². The number of rotatable bonds is 10. The van der Waals surface area contributed by atoms with Gasteiger partial charge in [-0.05, 0) is 41.8 Å². The van der Waals surface area contributed by atoms with Crippen LogP contribution in [0.1, 0.15) is 24.0 Å². The van der Waals surface area contributed by atoms with E-state index in [1.165, 1.54) is 0 Å². The van der Waals surface area contributed by atoms with Crippen molar-refractivity contribution in [3.63, 3.8) is 0 Å². The third-order valence-corrected chi connectivity index (χ3v) is 5.44. The normalized spacial score (nSPS) is 14.6. The molecule has 1 atom stereocenters. The van der Waals surface area contributed by atoms with Crippen molar-refractivity contribution in [2.45, 2.75) is 30.9 Å². The first-order valence-electron chi connectivity index (χ1n) is 10.1. The van der Waals surface area contributed by atoms with Crippen LogP contribution in [0.3, 0.4) is 0 Å². The molecule has 0 aliphatic carbocycles. The first-order valence-corrected chi connectivity index (χ1v) is 10.9. The van der Waals surface area contributed by atoms with Gasteiger partial charge in [-0.25, -0.2) is 0 Å². The minimum atomic E-state index is -1.08. The van der Waals surface area contributed by atoms with Gasteiger partial charge in [0.1, 0.15) is 11.5 Å². The van der Waals surface area contributed by atoms with Crippen molar-refractivity contribution in [3.8, 4) is 11.5 Å². The highest BCUT2D eigenvalue weighted by atomic mass is 32.2. The molecule has 0 spiro atoms. The molecule has 33 heavy (non-hydrogen) atoms. The number of thioether (sulfide) groups is 1. The van der Waals surface area contributed by atoms with Crippen LogP contribution in [0.5, 0.6) is 11.5 Å². The molecule has 0 saturated carbocycles. The highest BCUT2D eigenvalue weighted by Gasteiger charge is 2.31. The molecule has 0 aromatic heterocycles. The second kappa shape index (κ2) is 13.1. The molecule has 2 aromatic rings. The Kier molecular flexibility index (Phi) is 10.2. The summed E-state index contributed by atoms with van der Waals surface area (Å²) in [5.74, 6) is -0.742. The minimum absolute atomic E-state index is 0.214. The van der Waals surface area contributed by atoms with Crippen LogP contribution >= 0.6 is 11.8 Å². The van der Waals surface area contributed by atoms with E-state index >= 15 is 0 Å². The van der Waals surface area contributed by atoms with E-state index in [1.807, 2.05) is 48.5 Å². The third kappa shape index (κ3) is 9.65. The van der Waals surface area contributed by atoms with Crippen LogP contribution in [-0.4, -0.2) is 52.3 Å². The SMILES string of the molecule is COc1cccc(CCOc2ccc(CC3SC(=O)NC3=O)cc2)c1.O=C(O)CCC(=O)O. The lowest BCUT2D eigenvalue weighted by Crippen LogP contribution is -2.25. The number of carboxylic acid groups (broad SMARTS) is 2. The number of ether oxygens (including phenoxy) is 2. The molecule has 3 rings (SSSR count). The second-order valence-electron chi connectivity index (χ2n) is 6.97. The number of carboxylic acids is 2. The molecular weight excluding hydrogens is 450 g/mol. The lowest BCUT2D eigenvalue weighted by Gasteiger charge is -2.09. The predicted molar refractivity (Wildman–Crippen MR) is 122 cm³/mol. The Morgan fingerprint density at radius 3 is 2.18 bits per heavy atom. The van der Waals surface area contributed by atoms with Crippen LogP contribution in [-0.2, 0) is 27.2 Å². The topological polar surface area (TPSA) is 139 Å². The van der Waals surface area contributed by atoms with Gasteiger partial charge in [-0.3, -0.25) is 24.5 Å². The Morgan fingerprint density at radius 2 is 1.64 bits per heavy atom. The average Bonchev–Trinajstić information content (AvgIpc) is 3.10. The summed E-state index contributed by atoms with van der Waals surface area (Å²) < 4.78 is 11.0. The molecule has 1 heterocycles. The Labute approximate surface area is 195 Å². The molecule has 1 aliphatic rings. The van der Waals surface area contributed by atoms with Crippen LogP contribution in [0.25, 0.3) is 0 Å². The Bertz CT molecular complexity index is 963. The van der Waals surface area contributed by atoms with Crippen LogP contribution in [0.4, 0.5) is 4.79 Å². The lowest BCUT2D eigenvalue weighted by molar-refractivity contribution is -0.143. The van der Waals surface area contributed by atoms with E-state index in [0.29, 0.717) is 13.0 Å². The molecule has 1 unspecified atom stereocenters. The van der Waals surface area contributed by atoms with Gasteiger partial charge < -0.3 is 19.7 Å². The number of carbonyl (C=O) groups is 4. The van der Waals surface area contributed by atoms with E-state index < -0.39 is 11.9 Å². The molecule has 9 nitrogen and oxygen atoms in total. The minimum Gasteiger partial charge on any atom is -0.497 e. The van der Waals surface area contributed by atoms with E-state index in [9.17, 15) is 19.2 Å². The lowest BCUT2D eigenvalue weighted by atomic mass is 10.1. The fourth-order valence-corrected chi connectivity index (χ4v) is 3.65. The number of carbonyl (C=O) groups excluding carboxylic acids is 2. The number of benzene rings is 2. The molecule has 1 saturated heterocycles. The van der Waals surface area contributed by atoms with E-state index in [0.717, 1.165) is 40.8 Å². The summed E-state index contributed by atoms with van der Waals surface area (Å²) in [5, 5.41) is 17.5. The fraction of sp³-hybridized carbons (Fsp3) is 0.304. The van der Waals surface area contributed by atoms with Gasteiger partial charge in [-0.1, -0.05) is 36.0 Å². The largest absolute Gasteiger partial charge is 0.497 e. The van der Waals surface area contributed by atoms with Gasteiger partial charge in [0.15, 0.2) is 0 Å². The number of amides is 2. The van der Waals surface area contributed by atoms with Crippen LogP contribution in [0.15, 0.2) is 48.5 Å². The van der Waals surface area contributed by atoms with E-state index in [-0.39, 0.29) is 29.2 Å². The second-order valence-corrected chi connectivity index (χ2v) is 8.14. The van der Waals surface area contributed by atoms with E-state index in [2.05, 4.69) is 5.32 Å². The number of hydrogen-bond acceptors (Lipinski definition) is 7. The van der Waals surface area contributed by atoms with Crippen LogP contribution in [0.2, 0.25) is 0 Å². The Morgan fingerprint density at radius 1 is 0.970 bits per heavy atom. The van der Waals surface area contributed by atoms with Crippen molar-refractivity contribution in [1.82, 2.24) is 5.32 Å². The molecule has 0 bridgehead atoms. The smallest absolute Gasteiger partial charge is 0.303 e. The predicted octanol–water partition coefficient (Wildman–Crippen LogP) is 3.15. The average molecular weight is 476 g/mol. The third-order valence-electron chi connectivity index (χ3n) is 4.46. The number of nitrogens with one attached hydrogen (secondary N) is 1. The van der Waals surface area contributed by atoms with Crippen molar-refractivity contribution in [1.29, 1.82) is 0 Å². The fourth-order valence-electron chi connectivity index (χ4n) is 2.79. The summed E-state index contributed by atoms with van der Waals surface area (Å²) in [7, 11) is 1.65. The molecular formula is C23H25NO8S. The summed E-state index contributed by atoms with van der Waals surface area (Å²) >= 11 is 1.05. The molecule has 1 aliphatic heterocycles. The highest BCUT2D eigenvalue weighted by Crippen LogP contribution is 2.24. The Balaban J connectivity index is 0.000000414. The molecule has 0 radical (unpaired) electrons. The van der Waals surface area contributed by atoms with E-state index in [4.69, 9.17) is 19.7 Å². The van der Waals surface area contributed by atoms with Crippen molar-refractivity contribution in [2.75, 3.05) is 13.7 Å². The number of imide groups is 1. The van der Waals surface area contributed by atoms with Gasteiger partial charge in [0.25, 0.3) is 5.24 Å². The zero-order valence-corrected chi connectivity index (χ0v) is 18.8. The van der Waals surface area contributed by atoms with Gasteiger partial charge in [0.2, 0.25) is 5.91 Å². The molecule has 176 valence electrons.